The van der Waals surface area contributed by atoms with Crippen LogP contribution in [0.1, 0.15) is 25.5 Å². The molecule has 0 bridgehead atoms. The second-order valence-electron chi connectivity index (χ2n) is 3.52. The second-order valence-corrected chi connectivity index (χ2v) is 3.52. The maximum absolute atomic E-state index is 9.79. The predicted molar refractivity (Wildman–Crippen MR) is 48.6 cm³/mol. The summed E-state index contributed by atoms with van der Waals surface area (Å²) in [6, 6.07) is 5.56. The number of hydrogen-bond donors (Lipinski definition) is 1. The van der Waals surface area contributed by atoms with Gasteiger partial charge >= 0.3 is 0 Å². The van der Waals surface area contributed by atoms with E-state index in [0.717, 1.165) is 0 Å². The second kappa shape index (κ2) is 3.55. The van der Waals surface area contributed by atoms with E-state index in [0.29, 0.717) is 5.56 Å². The van der Waals surface area contributed by atoms with Gasteiger partial charge in [0.25, 0.3) is 0 Å². The molecule has 1 aromatic rings. The first-order valence-electron chi connectivity index (χ1n) is 4.07. The van der Waals surface area contributed by atoms with Crippen molar-refractivity contribution in [2.24, 2.45) is 5.41 Å². The lowest BCUT2D eigenvalue weighted by atomic mass is 9.85. The van der Waals surface area contributed by atoms with Gasteiger partial charge in [-0.05, 0) is 19.9 Å². The Morgan fingerprint density at radius 1 is 1.62 bits per heavy atom. The molecule has 0 aliphatic carbocycles. The summed E-state index contributed by atoms with van der Waals surface area (Å²) in [5.74, 6) is 0. The summed E-state index contributed by atoms with van der Waals surface area (Å²) in [5.41, 5.74) is -0.0997. The van der Waals surface area contributed by atoms with Crippen molar-refractivity contribution in [3.63, 3.8) is 0 Å². The van der Waals surface area contributed by atoms with Gasteiger partial charge in [-0.2, -0.15) is 5.26 Å². The highest BCUT2D eigenvalue weighted by Crippen LogP contribution is 2.31. The highest BCUT2D eigenvalue weighted by atomic mass is 16.3. The molecule has 68 valence electrons. The van der Waals surface area contributed by atoms with Crippen LogP contribution in [-0.4, -0.2) is 10.1 Å². The van der Waals surface area contributed by atoms with Crippen LogP contribution in [0, 0.1) is 16.7 Å². The Morgan fingerprint density at radius 3 is 2.77 bits per heavy atom. The number of hydrogen-bond acceptors (Lipinski definition) is 3. The summed E-state index contributed by atoms with van der Waals surface area (Å²) in [6.45, 7) is 3.40. The van der Waals surface area contributed by atoms with Gasteiger partial charge in [0.15, 0.2) is 0 Å². The number of rotatable bonds is 2. The van der Waals surface area contributed by atoms with Crippen LogP contribution in [0.25, 0.3) is 0 Å². The molecule has 0 fully saturated rings. The van der Waals surface area contributed by atoms with Crippen LogP contribution in [0.4, 0.5) is 0 Å². The van der Waals surface area contributed by atoms with Crippen molar-refractivity contribution in [2.45, 2.75) is 20.0 Å². The molecule has 3 heteroatoms. The fourth-order valence-corrected chi connectivity index (χ4v) is 1.02. The van der Waals surface area contributed by atoms with Gasteiger partial charge in [-0.15, -0.1) is 0 Å². The summed E-state index contributed by atoms with van der Waals surface area (Å²) < 4.78 is 0. The average molecular weight is 176 g/mol. The van der Waals surface area contributed by atoms with Crippen molar-refractivity contribution >= 4 is 0 Å². The Balaban J connectivity index is 2.94. The predicted octanol–water partition coefficient (Wildman–Crippen LogP) is 1.66. The number of pyridine rings is 1. The summed E-state index contributed by atoms with van der Waals surface area (Å²) >= 11 is 0. The molecular formula is C10H12N2O. The standard InChI is InChI=1S/C10H12N2O/c1-10(2,7-11)9(13)8-4-3-5-12-6-8/h3-6,9,13H,1-2H3. The van der Waals surface area contributed by atoms with Gasteiger partial charge in [-0.1, -0.05) is 6.07 Å². The van der Waals surface area contributed by atoms with E-state index in [2.05, 4.69) is 11.1 Å². The van der Waals surface area contributed by atoms with Gasteiger partial charge in [0.2, 0.25) is 0 Å². The molecule has 1 atom stereocenters. The van der Waals surface area contributed by atoms with Crippen LogP contribution < -0.4 is 0 Å². The van der Waals surface area contributed by atoms with Crippen molar-refractivity contribution in [2.75, 3.05) is 0 Å². The van der Waals surface area contributed by atoms with E-state index in [1.165, 1.54) is 0 Å². The van der Waals surface area contributed by atoms with E-state index >= 15 is 0 Å². The normalized spacial score (nSPS) is 13.4. The summed E-state index contributed by atoms with van der Waals surface area (Å²) in [4.78, 5) is 3.88. The number of nitriles is 1. The summed E-state index contributed by atoms with van der Waals surface area (Å²) in [5, 5.41) is 18.6. The van der Waals surface area contributed by atoms with E-state index in [1.54, 1.807) is 38.4 Å². The Kier molecular flexibility index (Phi) is 2.64. The molecule has 0 aromatic carbocycles. The third-order valence-electron chi connectivity index (χ3n) is 1.97. The highest BCUT2D eigenvalue weighted by Gasteiger charge is 2.28. The van der Waals surface area contributed by atoms with Crippen molar-refractivity contribution in [3.8, 4) is 6.07 Å². The average Bonchev–Trinajstić information content (AvgIpc) is 2.18. The fraction of sp³-hybridized carbons (Fsp3) is 0.400. The maximum Gasteiger partial charge on any atom is 0.0985 e. The van der Waals surface area contributed by atoms with E-state index in [-0.39, 0.29) is 0 Å². The zero-order valence-corrected chi connectivity index (χ0v) is 7.73. The van der Waals surface area contributed by atoms with Crippen molar-refractivity contribution in [3.05, 3.63) is 30.1 Å². The van der Waals surface area contributed by atoms with E-state index in [9.17, 15) is 5.11 Å². The monoisotopic (exact) mass is 176 g/mol. The third-order valence-corrected chi connectivity index (χ3v) is 1.97. The molecule has 3 nitrogen and oxygen atoms in total. The zero-order chi connectivity index (χ0) is 9.90. The minimum Gasteiger partial charge on any atom is -0.387 e. The first-order chi connectivity index (χ1) is 6.08. The molecule has 0 saturated heterocycles. The molecule has 0 saturated carbocycles. The molecule has 0 aliphatic heterocycles. The molecule has 1 N–H and O–H groups in total. The molecule has 13 heavy (non-hydrogen) atoms. The van der Waals surface area contributed by atoms with Crippen molar-refractivity contribution in [1.82, 2.24) is 4.98 Å². The molecule has 1 aromatic heterocycles. The zero-order valence-electron chi connectivity index (χ0n) is 7.73. The van der Waals surface area contributed by atoms with Crippen LogP contribution in [0.15, 0.2) is 24.5 Å². The van der Waals surface area contributed by atoms with Crippen LogP contribution >= 0.6 is 0 Å². The molecule has 0 amide bonds. The number of aliphatic hydroxyl groups excluding tert-OH is 1. The topological polar surface area (TPSA) is 56.9 Å². The summed E-state index contributed by atoms with van der Waals surface area (Å²) in [7, 11) is 0. The Bertz CT molecular complexity index is 313. The SMILES string of the molecule is CC(C)(C#N)C(O)c1cccnc1. The Labute approximate surface area is 77.7 Å². The highest BCUT2D eigenvalue weighted by molar-refractivity contribution is 5.17. The molecule has 1 heterocycles. The van der Waals surface area contributed by atoms with Gasteiger partial charge in [0.05, 0.1) is 17.6 Å². The minimum atomic E-state index is -0.786. The largest absolute Gasteiger partial charge is 0.387 e. The van der Waals surface area contributed by atoms with Crippen molar-refractivity contribution in [1.29, 1.82) is 5.26 Å². The van der Waals surface area contributed by atoms with Gasteiger partial charge < -0.3 is 5.11 Å². The van der Waals surface area contributed by atoms with Crippen LogP contribution in [0.5, 0.6) is 0 Å². The quantitative estimate of drug-likeness (QED) is 0.745. The van der Waals surface area contributed by atoms with Gasteiger partial charge in [0, 0.05) is 18.0 Å². The first kappa shape index (κ1) is 9.69. The van der Waals surface area contributed by atoms with Gasteiger partial charge in [0.1, 0.15) is 0 Å². The van der Waals surface area contributed by atoms with Gasteiger partial charge in [-0.3, -0.25) is 4.98 Å². The summed E-state index contributed by atoms with van der Waals surface area (Å²) in [6.07, 6.45) is 2.42. The van der Waals surface area contributed by atoms with E-state index in [4.69, 9.17) is 5.26 Å². The molecule has 0 radical (unpaired) electrons. The van der Waals surface area contributed by atoms with Crippen LogP contribution in [0.3, 0.4) is 0 Å². The van der Waals surface area contributed by atoms with E-state index < -0.39 is 11.5 Å². The molecule has 1 rings (SSSR count). The third kappa shape index (κ3) is 2.04. The van der Waals surface area contributed by atoms with Crippen molar-refractivity contribution < 1.29 is 5.11 Å². The maximum atomic E-state index is 9.79. The van der Waals surface area contributed by atoms with Crippen LogP contribution in [0.2, 0.25) is 0 Å². The molecule has 0 spiro atoms. The fourth-order valence-electron chi connectivity index (χ4n) is 1.02. The lowest BCUT2D eigenvalue weighted by molar-refractivity contribution is 0.0864. The number of aliphatic hydroxyl groups is 1. The first-order valence-corrected chi connectivity index (χ1v) is 4.07. The van der Waals surface area contributed by atoms with Gasteiger partial charge in [-0.25, -0.2) is 0 Å². The molecule has 0 aliphatic rings. The molecule has 1 unspecified atom stereocenters. The molecular weight excluding hydrogens is 164 g/mol. The van der Waals surface area contributed by atoms with E-state index in [1.807, 2.05) is 0 Å². The smallest absolute Gasteiger partial charge is 0.0985 e. The lowest BCUT2D eigenvalue weighted by Crippen LogP contribution is -2.19. The minimum absolute atomic E-state index is 0.675. The van der Waals surface area contributed by atoms with Crippen LogP contribution in [-0.2, 0) is 0 Å². The number of nitrogens with zero attached hydrogens (tertiary/aromatic N) is 2. The lowest BCUT2D eigenvalue weighted by Gasteiger charge is -2.22. The Morgan fingerprint density at radius 2 is 2.31 bits per heavy atom. The number of aromatic nitrogens is 1. The Hall–Kier alpha value is -1.40.